The van der Waals surface area contributed by atoms with Crippen LogP contribution < -0.4 is 5.32 Å². The molecule has 1 fully saturated rings. The van der Waals surface area contributed by atoms with Crippen LogP contribution in [0.5, 0.6) is 0 Å². The van der Waals surface area contributed by atoms with E-state index in [9.17, 15) is 19.7 Å². The molecule has 0 bridgehead atoms. The number of nitrogens with zero attached hydrogens (tertiary/aromatic N) is 2. The van der Waals surface area contributed by atoms with Gasteiger partial charge in [-0.1, -0.05) is 6.07 Å². The Bertz CT molecular complexity index is 733. The molecule has 0 atom stereocenters. The predicted octanol–water partition coefficient (Wildman–Crippen LogP) is 1.64. The summed E-state index contributed by atoms with van der Waals surface area (Å²) in [6.07, 6.45) is 0. The third kappa shape index (κ3) is 3.24. The molecule has 3 heterocycles. The second-order valence-electron chi connectivity index (χ2n) is 5.10. The molecule has 9 heteroatoms. The number of thiophene rings is 1. The van der Waals surface area contributed by atoms with Crippen LogP contribution in [0.2, 0.25) is 0 Å². The van der Waals surface area contributed by atoms with Crippen LogP contribution in [0.4, 0.5) is 5.88 Å². The van der Waals surface area contributed by atoms with E-state index in [1.165, 1.54) is 11.0 Å². The van der Waals surface area contributed by atoms with E-state index < -0.39 is 16.7 Å². The Morgan fingerprint density at radius 2 is 2.17 bits per heavy atom. The fourth-order valence-electron chi connectivity index (χ4n) is 2.24. The topological polar surface area (TPSA) is 106 Å². The summed E-state index contributed by atoms with van der Waals surface area (Å²) in [6.45, 7) is 1.04. The van der Waals surface area contributed by atoms with Crippen molar-refractivity contribution >= 4 is 29.0 Å². The summed E-state index contributed by atoms with van der Waals surface area (Å²) in [5.74, 6) is -1.37. The monoisotopic (exact) mass is 335 g/mol. The number of amides is 2. The van der Waals surface area contributed by atoms with Crippen molar-refractivity contribution in [3.05, 3.63) is 50.4 Å². The number of hydrogen-bond donors (Lipinski definition) is 1. The van der Waals surface area contributed by atoms with Crippen molar-refractivity contribution < 1.29 is 18.9 Å². The van der Waals surface area contributed by atoms with Gasteiger partial charge in [0.25, 0.3) is 5.91 Å². The molecule has 0 aliphatic carbocycles. The second-order valence-corrected chi connectivity index (χ2v) is 6.13. The van der Waals surface area contributed by atoms with Gasteiger partial charge in [-0.2, -0.15) is 0 Å². The molecule has 120 valence electrons. The highest BCUT2D eigenvalue weighted by Crippen LogP contribution is 2.22. The zero-order valence-electron chi connectivity index (χ0n) is 11.9. The summed E-state index contributed by atoms with van der Waals surface area (Å²) in [7, 11) is 0. The van der Waals surface area contributed by atoms with Crippen molar-refractivity contribution in [3.63, 3.8) is 0 Å². The highest BCUT2D eigenvalue weighted by atomic mass is 32.1. The third-order valence-corrected chi connectivity index (χ3v) is 4.42. The lowest BCUT2D eigenvalue weighted by Crippen LogP contribution is -2.55. The number of carbonyl (C=O) groups excluding carboxylic acids is 2. The SMILES string of the molecule is O=C(NCc1cccs1)C1CN(C(=O)c2ccc([N+](=O)[O-])o2)C1. The van der Waals surface area contributed by atoms with Crippen LogP contribution in [-0.4, -0.2) is 34.7 Å². The van der Waals surface area contributed by atoms with Crippen molar-refractivity contribution in [2.75, 3.05) is 13.1 Å². The molecule has 8 nitrogen and oxygen atoms in total. The van der Waals surface area contributed by atoms with Gasteiger partial charge in [-0.15, -0.1) is 11.3 Å². The first-order valence-electron chi connectivity index (χ1n) is 6.88. The van der Waals surface area contributed by atoms with Gasteiger partial charge in [0, 0.05) is 18.0 Å². The normalized spacial score (nSPS) is 14.3. The third-order valence-electron chi connectivity index (χ3n) is 3.54. The molecular formula is C14H13N3O5S. The first-order chi connectivity index (χ1) is 11.0. The number of likely N-dealkylation sites (tertiary alicyclic amines) is 1. The minimum Gasteiger partial charge on any atom is -0.395 e. The first-order valence-corrected chi connectivity index (χ1v) is 7.76. The molecule has 2 aromatic heterocycles. The van der Waals surface area contributed by atoms with Crippen molar-refractivity contribution in [1.29, 1.82) is 0 Å². The molecule has 1 aliphatic rings. The zero-order chi connectivity index (χ0) is 16.4. The van der Waals surface area contributed by atoms with E-state index >= 15 is 0 Å². The second kappa shape index (κ2) is 6.21. The summed E-state index contributed by atoms with van der Waals surface area (Å²) in [5.41, 5.74) is 0. The zero-order valence-corrected chi connectivity index (χ0v) is 12.7. The smallest absolute Gasteiger partial charge is 0.395 e. The van der Waals surface area contributed by atoms with E-state index in [4.69, 9.17) is 4.42 Å². The molecule has 1 saturated heterocycles. The maximum absolute atomic E-state index is 12.1. The number of furan rings is 1. The summed E-state index contributed by atoms with van der Waals surface area (Å²) in [4.78, 5) is 36.3. The van der Waals surface area contributed by atoms with Crippen LogP contribution in [0.15, 0.2) is 34.1 Å². The molecule has 0 radical (unpaired) electrons. The highest BCUT2D eigenvalue weighted by molar-refractivity contribution is 7.09. The van der Waals surface area contributed by atoms with Gasteiger partial charge in [-0.05, 0) is 17.5 Å². The maximum atomic E-state index is 12.1. The lowest BCUT2D eigenvalue weighted by Gasteiger charge is -2.37. The van der Waals surface area contributed by atoms with Crippen LogP contribution in [-0.2, 0) is 11.3 Å². The standard InChI is InChI=1S/C14H13N3O5S/c18-13(15-6-10-2-1-5-23-10)9-7-16(8-9)14(19)11-3-4-12(22-11)17(20)21/h1-5,9H,6-8H2,(H,15,18). The van der Waals surface area contributed by atoms with Gasteiger partial charge in [-0.3, -0.25) is 19.7 Å². The van der Waals surface area contributed by atoms with Crippen LogP contribution in [0, 0.1) is 16.0 Å². The molecule has 0 spiro atoms. The number of nitro groups is 1. The maximum Gasteiger partial charge on any atom is 0.433 e. The van der Waals surface area contributed by atoms with Crippen molar-refractivity contribution in [1.82, 2.24) is 10.2 Å². The van der Waals surface area contributed by atoms with Crippen LogP contribution in [0.1, 0.15) is 15.4 Å². The van der Waals surface area contributed by atoms with Crippen LogP contribution >= 0.6 is 11.3 Å². The Hall–Kier alpha value is -2.68. The van der Waals surface area contributed by atoms with E-state index in [0.717, 1.165) is 10.9 Å². The van der Waals surface area contributed by atoms with Crippen molar-refractivity contribution in [2.45, 2.75) is 6.54 Å². The fraction of sp³-hybridized carbons (Fsp3) is 0.286. The molecule has 0 aromatic carbocycles. The molecule has 1 aliphatic heterocycles. The van der Waals surface area contributed by atoms with E-state index in [1.807, 2.05) is 17.5 Å². The highest BCUT2D eigenvalue weighted by Gasteiger charge is 2.37. The fourth-order valence-corrected chi connectivity index (χ4v) is 2.88. The molecule has 0 saturated carbocycles. The Morgan fingerprint density at radius 1 is 1.39 bits per heavy atom. The summed E-state index contributed by atoms with van der Waals surface area (Å²) in [5, 5.41) is 15.3. The van der Waals surface area contributed by atoms with Crippen LogP contribution in [0.25, 0.3) is 0 Å². The lowest BCUT2D eigenvalue weighted by atomic mass is 9.99. The summed E-state index contributed by atoms with van der Waals surface area (Å²) < 4.78 is 4.87. The number of carbonyl (C=O) groups is 2. The van der Waals surface area contributed by atoms with Crippen molar-refractivity contribution in [3.8, 4) is 0 Å². The van der Waals surface area contributed by atoms with Crippen LogP contribution in [0.3, 0.4) is 0 Å². The number of hydrogen-bond acceptors (Lipinski definition) is 6. The van der Waals surface area contributed by atoms with E-state index in [1.54, 1.807) is 11.3 Å². The van der Waals surface area contributed by atoms with E-state index in [2.05, 4.69) is 5.32 Å². The molecule has 3 rings (SSSR count). The van der Waals surface area contributed by atoms with Gasteiger partial charge in [-0.25, -0.2) is 0 Å². The van der Waals surface area contributed by atoms with Gasteiger partial charge in [0.1, 0.15) is 4.92 Å². The summed E-state index contributed by atoms with van der Waals surface area (Å²) >= 11 is 1.56. The Labute approximate surface area is 134 Å². The minimum atomic E-state index is -0.701. The molecule has 0 unspecified atom stereocenters. The van der Waals surface area contributed by atoms with Crippen molar-refractivity contribution in [2.24, 2.45) is 5.92 Å². The summed E-state index contributed by atoms with van der Waals surface area (Å²) in [6, 6.07) is 6.26. The lowest BCUT2D eigenvalue weighted by molar-refractivity contribution is -0.402. The Morgan fingerprint density at radius 3 is 2.78 bits per heavy atom. The number of rotatable bonds is 5. The molecule has 1 N–H and O–H groups in total. The molecule has 2 amide bonds. The average Bonchev–Trinajstić information content (AvgIpc) is 3.14. The Balaban J connectivity index is 1.48. The average molecular weight is 335 g/mol. The van der Waals surface area contributed by atoms with Gasteiger partial charge >= 0.3 is 5.88 Å². The van der Waals surface area contributed by atoms with Gasteiger partial charge < -0.3 is 14.6 Å². The minimum absolute atomic E-state index is 0.0888. The van der Waals surface area contributed by atoms with Gasteiger partial charge in [0.2, 0.25) is 5.91 Å². The largest absolute Gasteiger partial charge is 0.433 e. The molecule has 23 heavy (non-hydrogen) atoms. The Kier molecular flexibility index (Phi) is 4.11. The molecule has 2 aromatic rings. The number of nitrogens with one attached hydrogen (secondary N) is 1. The molecular weight excluding hydrogens is 322 g/mol. The first kappa shape index (κ1) is 15.2. The van der Waals surface area contributed by atoms with Gasteiger partial charge in [0.15, 0.2) is 5.76 Å². The van der Waals surface area contributed by atoms with E-state index in [-0.39, 0.29) is 30.7 Å². The van der Waals surface area contributed by atoms with Gasteiger partial charge in [0.05, 0.1) is 18.5 Å². The quantitative estimate of drug-likeness (QED) is 0.660. The predicted molar refractivity (Wildman–Crippen MR) is 80.9 cm³/mol. The van der Waals surface area contributed by atoms with E-state index in [0.29, 0.717) is 6.54 Å².